The normalized spacial score (nSPS) is 11.1. The summed E-state index contributed by atoms with van der Waals surface area (Å²) in [6.45, 7) is 5.32. The van der Waals surface area contributed by atoms with Crippen LogP contribution < -0.4 is 28.7 Å². The molecule has 0 radical (unpaired) electrons. The molecule has 274 valence electrons. The maximum Gasteiger partial charge on any atom is 0.242 e. The van der Waals surface area contributed by atoms with E-state index >= 15 is 0 Å². The van der Waals surface area contributed by atoms with E-state index in [1.807, 2.05) is 11.9 Å². The highest BCUT2D eigenvalue weighted by Crippen LogP contribution is 2.07. The van der Waals surface area contributed by atoms with Crippen LogP contribution >= 0.6 is 0 Å². The van der Waals surface area contributed by atoms with Crippen LogP contribution in [0.4, 0.5) is 0 Å². The van der Waals surface area contributed by atoms with Gasteiger partial charge in [0, 0.05) is 26.2 Å². The molecule has 0 saturated heterocycles. The van der Waals surface area contributed by atoms with Crippen LogP contribution in [-0.2, 0) is 24.0 Å². The Kier molecular flexibility index (Phi) is 26.7. The number of unbranched alkanes of at least 4 members (excludes halogenated alkanes) is 5. The van der Waals surface area contributed by atoms with Crippen molar-refractivity contribution < 1.29 is 24.0 Å². The van der Waals surface area contributed by atoms with Gasteiger partial charge in [0.1, 0.15) is 5.78 Å². The number of hydrogen-bond donors (Lipinski definition) is 5. The predicted molar refractivity (Wildman–Crippen MR) is 186 cm³/mol. The standard InChI is InChI=1S/C32H66N10O5/c1-28(43)23-39(19-9-4-14-34)30(45)25-41(21-11-6-16-36)32(47)27-42(22-12-7-17-37)31(46)26-40(20-10-5-15-35)29(44)24-38(2)18-8-3-13-33/h3-27,33-37H2,1-2H3. The minimum Gasteiger partial charge on any atom is -0.334 e. The Labute approximate surface area is 282 Å². The number of Topliss-reactive ketones (excluding diaryl/α,β-unsaturated/α-hetero) is 1. The molecule has 0 aromatic rings. The summed E-state index contributed by atoms with van der Waals surface area (Å²) in [5.74, 6) is -1.41. The third-order valence-electron chi connectivity index (χ3n) is 7.73. The molecule has 0 aliphatic carbocycles. The number of ketones is 1. The second-order valence-corrected chi connectivity index (χ2v) is 12.2. The number of carbonyl (C=O) groups excluding carboxylic acids is 5. The first-order valence-electron chi connectivity index (χ1n) is 17.3. The van der Waals surface area contributed by atoms with Gasteiger partial charge in [0.05, 0.1) is 32.7 Å². The molecule has 0 aromatic carbocycles. The van der Waals surface area contributed by atoms with Gasteiger partial charge in [-0.2, -0.15) is 0 Å². The minimum atomic E-state index is -0.387. The van der Waals surface area contributed by atoms with Gasteiger partial charge < -0.3 is 48.3 Å². The Hall–Kier alpha value is -2.69. The highest BCUT2D eigenvalue weighted by molar-refractivity contribution is 5.91. The van der Waals surface area contributed by atoms with Crippen molar-refractivity contribution in [2.45, 2.75) is 71.1 Å². The molecule has 0 spiro atoms. The van der Waals surface area contributed by atoms with Crippen molar-refractivity contribution in [1.29, 1.82) is 0 Å². The van der Waals surface area contributed by atoms with Crippen LogP contribution in [0.25, 0.3) is 0 Å². The summed E-state index contributed by atoms with van der Waals surface area (Å²) >= 11 is 0. The lowest BCUT2D eigenvalue weighted by molar-refractivity contribution is -0.146. The number of nitrogens with two attached hydrogens (primary N) is 5. The number of carbonyl (C=O) groups is 5. The second kappa shape index (κ2) is 28.3. The summed E-state index contributed by atoms with van der Waals surface area (Å²) in [7, 11) is 1.86. The zero-order valence-electron chi connectivity index (χ0n) is 29.3. The predicted octanol–water partition coefficient (Wildman–Crippen LogP) is -1.48. The van der Waals surface area contributed by atoms with Gasteiger partial charge in [-0.05, 0) is 117 Å². The molecule has 15 heteroatoms. The molecule has 0 bridgehead atoms. The SMILES string of the molecule is CC(=O)CN(CCCCN)C(=O)CN(CCCCN)C(=O)CN(CCCCN)C(=O)CN(CCCCN)C(=O)CN(C)CCCCN. The van der Waals surface area contributed by atoms with Crippen LogP contribution in [0.1, 0.15) is 71.1 Å². The molecular weight excluding hydrogens is 604 g/mol. The molecule has 0 aromatic heterocycles. The van der Waals surface area contributed by atoms with E-state index < -0.39 is 0 Å². The van der Waals surface area contributed by atoms with Gasteiger partial charge in [0.15, 0.2) is 0 Å². The van der Waals surface area contributed by atoms with Gasteiger partial charge in [-0.1, -0.05) is 0 Å². The van der Waals surface area contributed by atoms with Crippen LogP contribution in [0.3, 0.4) is 0 Å². The summed E-state index contributed by atoms with van der Waals surface area (Å²) in [5, 5.41) is 0. The van der Waals surface area contributed by atoms with Crippen molar-refractivity contribution in [3.63, 3.8) is 0 Å². The second-order valence-electron chi connectivity index (χ2n) is 12.2. The van der Waals surface area contributed by atoms with E-state index in [-0.39, 0.29) is 75.2 Å². The molecule has 0 rings (SSSR count). The van der Waals surface area contributed by atoms with Gasteiger partial charge >= 0.3 is 0 Å². The maximum absolute atomic E-state index is 13.7. The van der Waals surface area contributed by atoms with Gasteiger partial charge in [-0.15, -0.1) is 0 Å². The molecule has 10 N–H and O–H groups in total. The molecule has 0 saturated carbocycles. The van der Waals surface area contributed by atoms with Crippen LogP contribution in [0.15, 0.2) is 0 Å². The van der Waals surface area contributed by atoms with Crippen LogP contribution in [0.2, 0.25) is 0 Å². The van der Waals surface area contributed by atoms with Gasteiger partial charge in [-0.3, -0.25) is 28.9 Å². The van der Waals surface area contributed by atoms with Crippen LogP contribution in [0.5, 0.6) is 0 Å². The molecular formula is C32H66N10O5. The van der Waals surface area contributed by atoms with Crippen molar-refractivity contribution in [2.75, 3.05) is 105 Å². The first kappa shape index (κ1) is 44.3. The molecule has 0 atom stereocenters. The zero-order valence-corrected chi connectivity index (χ0v) is 29.3. The Balaban J connectivity index is 5.91. The van der Waals surface area contributed by atoms with Gasteiger partial charge in [0.2, 0.25) is 23.6 Å². The average molecular weight is 671 g/mol. The highest BCUT2D eigenvalue weighted by Gasteiger charge is 2.27. The molecule has 0 fully saturated rings. The fourth-order valence-corrected chi connectivity index (χ4v) is 4.95. The molecule has 0 unspecified atom stereocenters. The number of nitrogens with zero attached hydrogens (tertiary/aromatic N) is 5. The van der Waals surface area contributed by atoms with E-state index in [0.29, 0.717) is 104 Å². The Morgan fingerprint density at radius 3 is 0.915 bits per heavy atom. The summed E-state index contributed by atoms with van der Waals surface area (Å²) in [4.78, 5) is 73.8. The quantitative estimate of drug-likeness (QED) is 0.0553. The molecule has 4 amide bonds. The number of amides is 4. The third-order valence-corrected chi connectivity index (χ3v) is 7.73. The molecule has 0 aliphatic heterocycles. The van der Waals surface area contributed by atoms with E-state index in [1.165, 1.54) is 21.6 Å². The number of hydrogen-bond acceptors (Lipinski definition) is 11. The summed E-state index contributed by atoms with van der Waals surface area (Å²) in [6.07, 6.45) is 6.92. The first-order valence-corrected chi connectivity index (χ1v) is 17.3. The molecule has 15 nitrogen and oxygen atoms in total. The van der Waals surface area contributed by atoms with Crippen molar-refractivity contribution in [2.24, 2.45) is 28.7 Å². The zero-order chi connectivity index (χ0) is 35.5. The molecule has 0 aliphatic rings. The van der Waals surface area contributed by atoms with Crippen LogP contribution in [-0.4, -0.2) is 159 Å². The Bertz CT molecular complexity index is 894. The van der Waals surface area contributed by atoms with Crippen molar-refractivity contribution in [3.8, 4) is 0 Å². The van der Waals surface area contributed by atoms with Crippen LogP contribution in [0, 0.1) is 0 Å². The summed E-state index contributed by atoms with van der Waals surface area (Å²) in [6, 6.07) is 0. The topological polar surface area (TPSA) is 232 Å². The van der Waals surface area contributed by atoms with E-state index in [9.17, 15) is 24.0 Å². The van der Waals surface area contributed by atoms with Gasteiger partial charge in [-0.25, -0.2) is 0 Å². The van der Waals surface area contributed by atoms with E-state index in [0.717, 1.165) is 12.8 Å². The number of likely N-dealkylation sites (N-methyl/N-ethyl adjacent to an activating group) is 1. The molecule has 0 heterocycles. The fourth-order valence-electron chi connectivity index (χ4n) is 4.95. The summed E-state index contributed by atoms with van der Waals surface area (Å²) < 4.78 is 0. The number of rotatable bonds is 30. The monoisotopic (exact) mass is 671 g/mol. The van der Waals surface area contributed by atoms with Crippen molar-refractivity contribution in [3.05, 3.63) is 0 Å². The summed E-state index contributed by atoms with van der Waals surface area (Å²) in [5.41, 5.74) is 28.3. The smallest absolute Gasteiger partial charge is 0.242 e. The minimum absolute atomic E-state index is 0.0475. The average Bonchev–Trinajstić information content (AvgIpc) is 3.02. The fraction of sp³-hybridized carbons (Fsp3) is 0.844. The van der Waals surface area contributed by atoms with Crippen molar-refractivity contribution >= 4 is 29.4 Å². The third kappa shape index (κ3) is 21.7. The van der Waals surface area contributed by atoms with E-state index in [4.69, 9.17) is 28.7 Å². The lowest BCUT2D eigenvalue weighted by Crippen LogP contribution is -2.51. The highest BCUT2D eigenvalue weighted by atomic mass is 16.2. The van der Waals surface area contributed by atoms with E-state index in [2.05, 4.69) is 0 Å². The largest absolute Gasteiger partial charge is 0.334 e. The van der Waals surface area contributed by atoms with Gasteiger partial charge in [0.25, 0.3) is 0 Å². The Morgan fingerprint density at radius 1 is 0.383 bits per heavy atom. The Morgan fingerprint density at radius 2 is 0.638 bits per heavy atom. The van der Waals surface area contributed by atoms with E-state index in [1.54, 1.807) is 4.90 Å². The molecule has 47 heavy (non-hydrogen) atoms. The lowest BCUT2D eigenvalue weighted by atomic mass is 10.2. The lowest BCUT2D eigenvalue weighted by Gasteiger charge is -2.31. The first-order chi connectivity index (χ1) is 22.5. The van der Waals surface area contributed by atoms with Crippen molar-refractivity contribution in [1.82, 2.24) is 24.5 Å². The maximum atomic E-state index is 13.7.